The summed E-state index contributed by atoms with van der Waals surface area (Å²) in [7, 11) is -3.85. The number of hydrogen-bond donors (Lipinski definition) is 2. The highest BCUT2D eigenvalue weighted by atomic mass is 32.2. The van der Waals surface area contributed by atoms with E-state index in [-0.39, 0.29) is 9.09 Å². The quantitative estimate of drug-likeness (QED) is 0.883. The van der Waals surface area contributed by atoms with Crippen molar-refractivity contribution >= 4 is 27.3 Å². The Hall–Kier alpha value is -1.77. The van der Waals surface area contributed by atoms with Crippen molar-refractivity contribution in [1.29, 1.82) is 0 Å². The third-order valence-electron chi connectivity index (χ3n) is 2.74. The summed E-state index contributed by atoms with van der Waals surface area (Å²) in [6.07, 6.45) is 0. The average Bonchev–Trinajstić information content (AvgIpc) is 2.88. The summed E-state index contributed by atoms with van der Waals surface area (Å²) in [6, 6.07) is 7.42. The van der Waals surface area contributed by atoms with Crippen LogP contribution >= 0.6 is 11.3 Å². The third kappa shape index (κ3) is 3.66. The van der Waals surface area contributed by atoms with Crippen molar-refractivity contribution in [3.8, 4) is 0 Å². The molecule has 2 rings (SSSR count). The average molecular weight is 329 g/mol. The van der Waals surface area contributed by atoms with Gasteiger partial charge in [0.2, 0.25) is 0 Å². The molecule has 0 saturated heterocycles. The fraction of sp³-hybridized carbons (Fsp3) is 0.154. The fourth-order valence-electron chi connectivity index (χ4n) is 1.71. The monoisotopic (exact) mass is 329 g/mol. The maximum Gasteiger partial charge on any atom is 0.345 e. The van der Waals surface area contributed by atoms with Gasteiger partial charge in [-0.1, -0.05) is 12.1 Å². The van der Waals surface area contributed by atoms with Crippen LogP contribution in [0.15, 0.2) is 40.6 Å². The van der Waals surface area contributed by atoms with E-state index >= 15 is 0 Å². The van der Waals surface area contributed by atoms with E-state index in [1.165, 1.54) is 30.3 Å². The summed E-state index contributed by atoms with van der Waals surface area (Å²) >= 11 is 0.664. The SMILES string of the molecule is C[C@H](NS(=O)(=O)c1ccc(C(=O)O)s1)c1cccc(F)c1. The van der Waals surface area contributed by atoms with Gasteiger partial charge in [0.25, 0.3) is 10.0 Å². The highest BCUT2D eigenvalue weighted by molar-refractivity contribution is 7.91. The summed E-state index contributed by atoms with van der Waals surface area (Å²) in [6.45, 7) is 1.58. The van der Waals surface area contributed by atoms with E-state index in [9.17, 15) is 17.6 Å². The summed E-state index contributed by atoms with van der Waals surface area (Å²) in [5.74, 6) is -1.64. The lowest BCUT2D eigenvalue weighted by Gasteiger charge is -2.13. The molecule has 2 aromatic rings. The molecule has 1 atom stereocenters. The molecule has 0 unspecified atom stereocenters. The number of carboxylic acid groups (broad SMARTS) is 1. The second kappa shape index (κ2) is 5.92. The Kier molecular flexibility index (Phi) is 4.40. The number of carboxylic acids is 1. The largest absolute Gasteiger partial charge is 0.477 e. The number of thiophene rings is 1. The molecule has 1 aromatic carbocycles. The van der Waals surface area contributed by atoms with Crippen LogP contribution in [0.3, 0.4) is 0 Å². The number of rotatable bonds is 5. The molecule has 0 aliphatic rings. The van der Waals surface area contributed by atoms with Gasteiger partial charge in [0.05, 0.1) is 0 Å². The van der Waals surface area contributed by atoms with Gasteiger partial charge in [-0.3, -0.25) is 0 Å². The first-order chi connectivity index (χ1) is 9.79. The molecule has 21 heavy (non-hydrogen) atoms. The van der Waals surface area contributed by atoms with E-state index in [0.717, 1.165) is 0 Å². The molecule has 112 valence electrons. The second-order valence-electron chi connectivity index (χ2n) is 4.32. The molecule has 1 aromatic heterocycles. The van der Waals surface area contributed by atoms with Crippen LogP contribution < -0.4 is 4.72 Å². The number of carbonyl (C=O) groups is 1. The first kappa shape index (κ1) is 15.6. The van der Waals surface area contributed by atoms with E-state index in [2.05, 4.69) is 4.72 Å². The molecule has 0 radical (unpaired) electrons. The van der Waals surface area contributed by atoms with Crippen molar-refractivity contribution in [1.82, 2.24) is 4.72 Å². The summed E-state index contributed by atoms with van der Waals surface area (Å²) in [4.78, 5) is 10.7. The van der Waals surface area contributed by atoms with Crippen molar-refractivity contribution in [2.45, 2.75) is 17.2 Å². The maximum atomic E-state index is 13.1. The van der Waals surface area contributed by atoms with Crippen LogP contribution in [-0.2, 0) is 10.0 Å². The highest BCUT2D eigenvalue weighted by Gasteiger charge is 2.22. The molecular formula is C13H12FNO4S2. The minimum absolute atomic E-state index is 0.0613. The molecule has 0 amide bonds. The predicted octanol–water partition coefficient (Wildman–Crippen LogP) is 2.62. The minimum atomic E-state index is -3.85. The highest BCUT2D eigenvalue weighted by Crippen LogP contribution is 2.24. The Bertz CT molecular complexity index is 770. The molecule has 0 spiro atoms. The summed E-state index contributed by atoms with van der Waals surface area (Å²) < 4.78 is 39.7. The van der Waals surface area contributed by atoms with Gasteiger partial charge in [-0.2, -0.15) is 0 Å². The lowest BCUT2D eigenvalue weighted by atomic mass is 10.1. The number of halogens is 1. The topological polar surface area (TPSA) is 83.5 Å². The standard InChI is InChI=1S/C13H12FNO4S2/c1-8(9-3-2-4-10(14)7-9)15-21(18,19)12-6-5-11(20-12)13(16)17/h2-8,15H,1H3,(H,16,17)/t8-/m0/s1. The van der Waals surface area contributed by atoms with Crippen molar-refractivity contribution in [2.24, 2.45) is 0 Å². The number of benzene rings is 1. The van der Waals surface area contributed by atoms with Gasteiger partial charge in [-0.15, -0.1) is 11.3 Å². The third-order valence-corrected chi connectivity index (χ3v) is 5.84. The predicted molar refractivity (Wildman–Crippen MR) is 76.4 cm³/mol. The van der Waals surface area contributed by atoms with Gasteiger partial charge in [0, 0.05) is 6.04 Å². The van der Waals surface area contributed by atoms with Crippen LogP contribution in [0.2, 0.25) is 0 Å². The molecule has 2 N–H and O–H groups in total. The maximum absolute atomic E-state index is 13.1. The van der Waals surface area contributed by atoms with Crippen LogP contribution in [0.4, 0.5) is 4.39 Å². The summed E-state index contributed by atoms with van der Waals surface area (Å²) in [5, 5.41) is 8.81. The van der Waals surface area contributed by atoms with Crippen molar-refractivity contribution in [3.63, 3.8) is 0 Å². The molecule has 0 bridgehead atoms. The van der Waals surface area contributed by atoms with Gasteiger partial charge in [-0.25, -0.2) is 22.3 Å². The van der Waals surface area contributed by atoms with Gasteiger partial charge in [-0.05, 0) is 36.8 Å². The summed E-state index contributed by atoms with van der Waals surface area (Å²) in [5.41, 5.74) is 0.480. The van der Waals surface area contributed by atoms with Gasteiger partial charge in [0.1, 0.15) is 14.9 Å². The zero-order valence-corrected chi connectivity index (χ0v) is 12.5. The second-order valence-corrected chi connectivity index (χ2v) is 7.35. The van der Waals surface area contributed by atoms with Gasteiger partial charge >= 0.3 is 5.97 Å². The first-order valence-corrected chi connectivity index (χ1v) is 8.20. The Labute approximate surface area is 125 Å². The Morgan fingerprint density at radius 3 is 2.62 bits per heavy atom. The minimum Gasteiger partial charge on any atom is -0.477 e. The van der Waals surface area contributed by atoms with Crippen LogP contribution in [0.5, 0.6) is 0 Å². The first-order valence-electron chi connectivity index (χ1n) is 5.90. The number of nitrogens with one attached hydrogen (secondary N) is 1. The molecule has 8 heteroatoms. The zero-order valence-electron chi connectivity index (χ0n) is 10.9. The normalized spacial score (nSPS) is 13.0. The zero-order chi connectivity index (χ0) is 15.6. The van der Waals surface area contributed by atoms with Crippen molar-refractivity contribution in [3.05, 3.63) is 52.7 Å². The van der Waals surface area contributed by atoms with Crippen molar-refractivity contribution < 1.29 is 22.7 Å². The smallest absolute Gasteiger partial charge is 0.345 e. The Morgan fingerprint density at radius 2 is 2.05 bits per heavy atom. The molecular weight excluding hydrogens is 317 g/mol. The molecule has 1 heterocycles. The van der Waals surface area contributed by atoms with Crippen molar-refractivity contribution in [2.75, 3.05) is 0 Å². The fourth-order valence-corrected chi connectivity index (χ4v) is 4.11. The number of sulfonamides is 1. The molecule has 0 fully saturated rings. The Morgan fingerprint density at radius 1 is 1.33 bits per heavy atom. The molecule has 0 aliphatic carbocycles. The van der Waals surface area contributed by atoms with Gasteiger partial charge in [0.15, 0.2) is 0 Å². The van der Waals surface area contributed by atoms with E-state index < -0.39 is 27.9 Å². The number of aromatic carboxylic acids is 1. The molecule has 0 aliphatic heterocycles. The van der Waals surface area contributed by atoms with E-state index in [1.54, 1.807) is 13.0 Å². The van der Waals surface area contributed by atoms with Crippen LogP contribution in [-0.4, -0.2) is 19.5 Å². The number of hydrogen-bond acceptors (Lipinski definition) is 4. The van der Waals surface area contributed by atoms with Gasteiger partial charge < -0.3 is 5.11 Å². The van der Waals surface area contributed by atoms with E-state index in [0.29, 0.717) is 16.9 Å². The lowest BCUT2D eigenvalue weighted by Crippen LogP contribution is -2.26. The van der Waals surface area contributed by atoms with Crippen LogP contribution in [0, 0.1) is 5.82 Å². The van der Waals surface area contributed by atoms with E-state index in [1.807, 2.05) is 0 Å². The lowest BCUT2D eigenvalue weighted by molar-refractivity contribution is 0.0702. The van der Waals surface area contributed by atoms with E-state index in [4.69, 9.17) is 5.11 Å². The molecule has 5 nitrogen and oxygen atoms in total. The Balaban J connectivity index is 2.22. The van der Waals surface area contributed by atoms with Crippen LogP contribution in [0.1, 0.15) is 28.2 Å². The van der Waals surface area contributed by atoms with Crippen LogP contribution in [0.25, 0.3) is 0 Å². The molecule has 0 saturated carbocycles.